The lowest BCUT2D eigenvalue weighted by molar-refractivity contribution is 0.247. The summed E-state index contributed by atoms with van der Waals surface area (Å²) in [6.45, 7) is 5.71. The fraction of sp³-hybridized carbons (Fsp3) is 1.00. The molecule has 15 heavy (non-hydrogen) atoms. The van der Waals surface area contributed by atoms with Crippen molar-refractivity contribution in [2.45, 2.75) is 32.7 Å². The van der Waals surface area contributed by atoms with Gasteiger partial charge < -0.3 is 5.32 Å². The van der Waals surface area contributed by atoms with E-state index in [-0.39, 0.29) is 0 Å². The van der Waals surface area contributed by atoms with E-state index in [1.54, 1.807) is 6.26 Å². The molecule has 0 aliphatic carbocycles. The first-order valence-electron chi connectivity index (χ1n) is 5.63. The van der Waals surface area contributed by atoms with E-state index in [1.807, 2.05) is 11.8 Å². The van der Waals surface area contributed by atoms with Gasteiger partial charge in [0.05, 0.1) is 0 Å². The van der Waals surface area contributed by atoms with Gasteiger partial charge in [0.2, 0.25) is 0 Å². The SMILES string of the molecule is CS(=O)CCCNC1CSCCC1(C)C. The predicted octanol–water partition coefficient (Wildman–Crippen LogP) is 1.88. The molecule has 1 aliphatic rings. The van der Waals surface area contributed by atoms with Gasteiger partial charge in [-0.15, -0.1) is 0 Å². The lowest BCUT2D eigenvalue weighted by Gasteiger charge is -2.38. The zero-order valence-electron chi connectivity index (χ0n) is 10.0. The maximum atomic E-state index is 10.9. The molecule has 1 saturated heterocycles. The molecule has 0 spiro atoms. The molecule has 2 nitrogen and oxygen atoms in total. The van der Waals surface area contributed by atoms with Crippen LogP contribution in [0, 0.1) is 5.41 Å². The molecule has 0 bridgehead atoms. The molecule has 1 heterocycles. The van der Waals surface area contributed by atoms with Crippen LogP contribution in [0.15, 0.2) is 0 Å². The van der Waals surface area contributed by atoms with Crippen molar-refractivity contribution in [2.24, 2.45) is 5.41 Å². The minimum atomic E-state index is -0.636. The molecule has 1 N–H and O–H groups in total. The summed E-state index contributed by atoms with van der Waals surface area (Å²) in [6.07, 6.45) is 4.11. The van der Waals surface area contributed by atoms with E-state index in [4.69, 9.17) is 0 Å². The molecule has 1 rings (SSSR count). The van der Waals surface area contributed by atoms with E-state index in [1.165, 1.54) is 17.9 Å². The van der Waals surface area contributed by atoms with Crippen molar-refractivity contribution in [1.82, 2.24) is 5.32 Å². The molecule has 0 aromatic carbocycles. The Labute approximate surface area is 100 Å². The Morgan fingerprint density at radius 3 is 2.87 bits per heavy atom. The van der Waals surface area contributed by atoms with Gasteiger partial charge in [0.15, 0.2) is 0 Å². The minimum Gasteiger partial charge on any atom is -0.313 e. The molecular weight excluding hydrogens is 226 g/mol. The minimum absolute atomic E-state index is 0.427. The fourth-order valence-corrected chi connectivity index (χ4v) is 4.02. The number of nitrogens with one attached hydrogen (secondary N) is 1. The summed E-state index contributed by atoms with van der Waals surface area (Å²) in [5.41, 5.74) is 0.427. The van der Waals surface area contributed by atoms with Crippen LogP contribution in [-0.2, 0) is 10.8 Å². The third-order valence-electron chi connectivity index (χ3n) is 3.12. The van der Waals surface area contributed by atoms with E-state index >= 15 is 0 Å². The smallest absolute Gasteiger partial charge is 0.0244 e. The molecule has 0 amide bonds. The lowest BCUT2D eigenvalue weighted by atomic mass is 9.82. The number of rotatable bonds is 5. The second-order valence-electron chi connectivity index (χ2n) is 4.95. The van der Waals surface area contributed by atoms with E-state index in [0.717, 1.165) is 18.7 Å². The van der Waals surface area contributed by atoms with Crippen LogP contribution in [0.5, 0.6) is 0 Å². The average Bonchev–Trinajstić information content (AvgIpc) is 2.13. The van der Waals surface area contributed by atoms with Crippen molar-refractivity contribution in [2.75, 3.05) is 30.1 Å². The van der Waals surface area contributed by atoms with Crippen LogP contribution in [0.3, 0.4) is 0 Å². The highest BCUT2D eigenvalue weighted by Gasteiger charge is 2.31. The molecular formula is C11H23NOS2. The van der Waals surface area contributed by atoms with E-state index in [0.29, 0.717) is 11.5 Å². The summed E-state index contributed by atoms with van der Waals surface area (Å²) in [5, 5.41) is 3.61. The van der Waals surface area contributed by atoms with E-state index < -0.39 is 10.8 Å². The summed E-state index contributed by atoms with van der Waals surface area (Å²) >= 11 is 2.05. The van der Waals surface area contributed by atoms with Crippen molar-refractivity contribution < 1.29 is 4.21 Å². The van der Waals surface area contributed by atoms with Gasteiger partial charge in [-0.3, -0.25) is 4.21 Å². The molecule has 0 aromatic heterocycles. The maximum absolute atomic E-state index is 10.9. The standard InChI is InChI=1S/C11H23NOS2/c1-11(2)5-7-14-9-10(11)12-6-4-8-15(3)13/h10,12H,4-9H2,1-3H3. The number of hydrogen-bond acceptors (Lipinski definition) is 3. The zero-order chi connectivity index (χ0) is 11.3. The summed E-state index contributed by atoms with van der Waals surface area (Å²) in [7, 11) is -0.636. The van der Waals surface area contributed by atoms with E-state index in [2.05, 4.69) is 19.2 Å². The second kappa shape index (κ2) is 6.26. The van der Waals surface area contributed by atoms with Crippen LogP contribution in [0.4, 0.5) is 0 Å². The highest BCUT2D eigenvalue weighted by molar-refractivity contribution is 7.99. The first kappa shape index (κ1) is 13.5. The van der Waals surface area contributed by atoms with Crippen LogP contribution in [0.1, 0.15) is 26.7 Å². The molecule has 90 valence electrons. The van der Waals surface area contributed by atoms with Crippen LogP contribution < -0.4 is 5.32 Å². The molecule has 0 aromatic rings. The fourth-order valence-electron chi connectivity index (χ4n) is 1.82. The Balaban J connectivity index is 2.21. The maximum Gasteiger partial charge on any atom is 0.0244 e. The average molecular weight is 249 g/mol. The molecule has 1 aliphatic heterocycles. The molecule has 0 saturated carbocycles. The summed E-state index contributed by atoms with van der Waals surface area (Å²) in [6, 6.07) is 0.626. The van der Waals surface area contributed by atoms with Crippen LogP contribution in [0.2, 0.25) is 0 Å². The van der Waals surface area contributed by atoms with Crippen molar-refractivity contribution in [1.29, 1.82) is 0 Å². The zero-order valence-corrected chi connectivity index (χ0v) is 11.7. The first-order valence-corrected chi connectivity index (χ1v) is 8.52. The Kier molecular flexibility index (Phi) is 5.64. The van der Waals surface area contributed by atoms with Gasteiger partial charge in [0.25, 0.3) is 0 Å². The predicted molar refractivity (Wildman–Crippen MR) is 71.1 cm³/mol. The monoisotopic (exact) mass is 249 g/mol. The number of hydrogen-bond donors (Lipinski definition) is 1. The topological polar surface area (TPSA) is 29.1 Å². The molecule has 2 atom stereocenters. The molecule has 1 fully saturated rings. The van der Waals surface area contributed by atoms with Crippen LogP contribution in [0.25, 0.3) is 0 Å². The largest absolute Gasteiger partial charge is 0.313 e. The third-order valence-corrected chi connectivity index (χ3v) is 5.04. The first-order chi connectivity index (χ1) is 7.02. The van der Waals surface area contributed by atoms with Crippen LogP contribution >= 0.6 is 11.8 Å². The summed E-state index contributed by atoms with van der Waals surface area (Å²) in [5.74, 6) is 3.35. The molecule has 2 unspecified atom stereocenters. The van der Waals surface area contributed by atoms with Crippen molar-refractivity contribution in [3.05, 3.63) is 0 Å². The normalized spacial score (nSPS) is 27.5. The Morgan fingerprint density at radius 1 is 1.53 bits per heavy atom. The van der Waals surface area contributed by atoms with Gasteiger partial charge in [0, 0.05) is 34.6 Å². The van der Waals surface area contributed by atoms with Crippen molar-refractivity contribution in [3.63, 3.8) is 0 Å². The van der Waals surface area contributed by atoms with Gasteiger partial charge >= 0.3 is 0 Å². The Hall–Kier alpha value is 0.460. The van der Waals surface area contributed by atoms with Gasteiger partial charge in [-0.25, -0.2) is 0 Å². The van der Waals surface area contributed by atoms with Crippen molar-refractivity contribution >= 4 is 22.6 Å². The van der Waals surface area contributed by atoms with Gasteiger partial charge in [-0.2, -0.15) is 11.8 Å². The second-order valence-corrected chi connectivity index (χ2v) is 7.66. The summed E-state index contributed by atoms with van der Waals surface area (Å²) < 4.78 is 10.9. The Bertz CT molecular complexity index is 219. The Morgan fingerprint density at radius 2 is 2.27 bits per heavy atom. The van der Waals surface area contributed by atoms with E-state index in [9.17, 15) is 4.21 Å². The van der Waals surface area contributed by atoms with Gasteiger partial charge in [-0.05, 0) is 30.6 Å². The lowest BCUT2D eigenvalue weighted by Crippen LogP contribution is -2.47. The van der Waals surface area contributed by atoms with Gasteiger partial charge in [0.1, 0.15) is 0 Å². The van der Waals surface area contributed by atoms with Crippen LogP contribution in [-0.4, -0.2) is 40.3 Å². The third kappa shape index (κ3) is 4.87. The van der Waals surface area contributed by atoms with Crippen molar-refractivity contribution in [3.8, 4) is 0 Å². The highest BCUT2D eigenvalue weighted by Crippen LogP contribution is 2.33. The highest BCUT2D eigenvalue weighted by atomic mass is 32.2. The molecule has 4 heteroatoms. The van der Waals surface area contributed by atoms with Gasteiger partial charge in [-0.1, -0.05) is 13.8 Å². The quantitative estimate of drug-likeness (QED) is 0.754. The molecule has 0 radical (unpaired) electrons. The summed E-state index contributed by atoms with van der Waals surface area (Å²) in [4.78, 5) is 0. The number of thioether (sulfide) groups is 1.